The first-order chi connectivity index (χ1) is 14.8. The molecule has 0 spiro atoms. The van der Waals surface area contributed by atoms with Gasteiger partial charge in [-0.25, -0.2) is 13.6 Å². The van der Waals surface area contributed by atoms with Crippen LogP contribution in [-0.4, -0.2) is 18.9 Å². The van der Waals surface area contributed by atoms with E-state index in [9.17, 15) is 18.4 Å². The van der Waals surface area contributed by atoms with Gasteiger partial charge in [0, 0.05) is 33.4 Å². The number of esters is 1. The van der Waals surface area contributed by atoms with Crippen molar-refractivity contribution in [2.75, 3.05) is 7.11 Å². The number of ether oxygens (including phenoxy) is 1. The Balaban J connectivity index is 1.84. The van der Waals surface area contributed by atoms with Gasteiger partial charge in [0.05, 0.1) is 18.6 Å². The van der Waals surface area contributed by atoms with E-state index in [2.05, 4.69) is 21.2 Å². The van der Waals surface area contributed by atoms with E-state index in [-0.39, 0.29) is 35.1 Å². The van der Waals surface area contributed by atoms with Gasteiger partial charge in [0.1, 0.15) is 11.6 Å². The summed E-state index contributed by atoms with van der Waals surface area (Å²) in [5.74, 6) is -2.66. The molecule has 1 heterocycles. The number of methoxy groups -OCH3 is 1. The first-order valence-corrected chi connectivity index (χ1v) is 10.6. The monoisotopic (exact) mass is 487 g/mol. The topological polar surface area (TPSA) is 55.4 Å². The van der Waals surface area contributed by atoms with Gasteiger partial charge in [0.15, 0.2) is 5.78 Å². The van der Waals surface area contributed by atoms with Crippen molar-refractivity contribution in [1.82, 2.24) is 5.32 Å². The van der Waals surface area contributed by atoms with Crippen LogP contribution < -0.4 is 5.32 Å². The standard InChI is InChI=1S/C24H20BrF2NO3/c1-12-21(24(30)31-2)22(17-11-15(25)5-8-18(17)27)23-19(28-12)9-14(10-20(23)29)13-3-6-16(26)7-4-13/h3-8,11,14,22,28H,9-10H2,1-2H3. The van der Waals surface area contributed by atoms with Crippen LogP contribution in [-0.2, 0) is 14.3 Å². The van der Waals surface area contributed by atoms with Crippen LogP contribution in [0.4, 0.5) is 8.78 Å². The van der Waals surface area contributed by atoms with E-state index in [4.69, 9.17) is 4.74 Å². The highest BCUT2D eigenvalue weighted by Gasteiger charge is 2.42. The van der Waals surface area contributed by atoms with Crippen LogP contribution in [0.1, 0.15) is 42.7 Å². The minimum absolute atomic E-state index is 0.139. The molecule has 2 aromatic rings. The third kappa shape index (κ3) is 3.94. The lowest BCUT2D eigenvalue weighted by atomic mass is 9.71. The van der Waals surface area contributed by atoms with Crippen LogP contribution in [0.15, 0.2) is 69.5 Å². The molecule has 2 aromatic carbocycles. The summed E-state index contributed by atoms with van der Waals surface area (Å²) < 4.78 is 33.8. The van der Waals surface area contributed by atoms with E-state index in [1.54, 1.807) is 31.2 Å². The number of Topliss-reactive ketones (excluding diaryl/α,β-unsaturated/α-hetero) is 1. The lowest BCUT2D eigenvalue weighted by Gasteiger charge is -2.36. The predicted molar refractivity (Wildman–Crippen MR) is 115 cm³/mol. The number of hydrogen-bond donors (Lipinski definition) is 1. The molecule has 2 atom stereocenters. The maximum atomic E-state index is 14.9. The quantitative estimate of drug-likeness (QED) is 0.599. The van der Waals surface area contributed by atoms with Gasteiger partial charge >= 0.3 is 5.97 Å². The molecule has 2 unspecified atom stereocenters. The summed E-state index contributed by atoms with van der Waals surface area (Å²) in [6.45, 7) is 1.71. The van der Waals surface area contributed by atoms with Crippen LogP contribution in [0.2, 0.25) is 0 Å². The molecule has 31 heavy (non-hydrogen) atoms. The Morgan fingerprint density at radius 3 is 2.52 bits per heavy atom. The normalized spacial score (nSPS) is 21.0. The highest BCUT2D eigenvalue weighted by atomic mass is 79.9. The second-order valence-electron chi connectivity index (χ2n) is 7.73. The minimum atomic E-state index is -0.872. The molecule has 1 N–H and O–H groups in total. The Labute approximate surface area is 187 Å². The summed E-state index contributed by atoms with van der Waals surface area (Å²) >= 11 is 3.36. The summed E-state index contributed by atoms with van der Waals surface area (Å²) in [7, 11) is 1.26. The molecule has 0 saturated carbocycles. The molecular formula is C24H20BrF2NO3. The van der Waals surface area contributed by atoms with E-state index < -0.39 is 17.7 Å². The predicted octanol–water partition coefficient (Wildman–Crippen LogP) is 5.26. The fourth-order valence-corrected chi connectivity index (χ4v) is 4.82. The number of rotatable bonds is 3. The van der Waals surface area contributed by atoms with Crippen molar-refractivity contribution in [2.45, 2.75) is 31.6 Å². The first-order valence-electron chi connectivity index (χ1n) is 9.83. The second-order valence-corrected chi connectivity index (χ2v) is 8.64. The number of carbonyl (C=O) groups is 2. The van der Waals surface area contributed by atoms with Gasteiger partial charge in [0.25, 0.3) is 0 Å². The van der Waals surface area contributed by atoms with Gasteiger partial charge in [0.2, 0.25) is 0 Å². The average molecular weight is 488 g/mol. The Morgan fingerprint density at radius 2 is 1.84 bits per heavy atom. The van der Waals surface area contributed by atoms with E-state index in [0.717, 1.165) is 5.56 Å². The number of allylic oxidation sites excluding steroid dienone is 3. The van der Waals surface area contributed by atoms with E-state index in [0.29, 0.717) is 27.9 Å². The van der Waals surface area contributed by atoms with E-state index in [1.807, 2.05) is 0 Å². The molecule has 1 aliphatic carbocycles. The largest absolute Gasteiger partial charge is 0.466 e. The van der Waals surface area contributed by atoms with Crippen molar-refractivity contribution < 1.29 is 23.1 Å². The molecule has 160 valence electrons. The Kier molecular flexibility index (Phi) is 5.79. The van der Waals surface area contributed by atoms with Crippen LogP contribution >= 0.6 is 15.9 Å². The van der Waals surface area contributed by atoms with E-state index >= 15 is 0 Å². The fourth-order valence-electron chi connectivity index (χ4n) is 4.44. The van der Waals surface area contributed by atoms with E-state index in [1.165, 1.54) is 25.3 Å². The molecule has 0 amide bonds. The molecule has 2 aliphatic rings. The highest BCUT2D eigenvalue weighted by molar-refractivity contribution is 9.10. The Bertz CT molecular complexity index is 1140. The molecule has 0 radical (unpaired) electrons. The minimum Gasteiger partial charge on any atom is -0.466 e. The van der Waals surface area contributed by atoms with Crippen LogP contribution in [0, 0.1) is 11.6 Å². The lowest BCUT2D eigenvalue weighted by molar-refractivity contribution is -0.136. The van der Waals surface area contributed by atoms with Gasteiger partial charge in [-0.15, -0.1) is 0 Å². The summed E-state index contributed by atoms with van der Waals surface area (Å²) in [6, 6.07) is 10.6. The van der Waals surface area contributed by atoms with Crippen molar-refractivity contribution in [3.63, 3.8) is 0 Å². The first kappa shape index (κ1) is 21.4. The molecule has 0 aromatic heterocycles. The van der Waals surface area contributed by atoms with Gasteiger partial charge in [-0.05, 0) is 55.2 Å². The molecule has 4 nitrogen and oxygen atoms in total. The van der Waals surface area contributed by atoms with Gasteiger partial charge in [-0.2, -0.15) is 0 Å². The summed E-state index contributed by atoms with van der Waals surface area (Å²) in [4.78, 5) is 26.0. The van der Waals surface area contributed by atoms with Crippen molar-refractivity contribution >= 4 is 27.7 Å². The number of hydrogen-bond acceptors (Lipinski definition) is 4. The maximum absolute atomic E-state index is 14.9. The third-order valence-electron chi connectivity index (χ3n) is 5.84. The smallest absolute Gasteiger partial charge is 0.336 e. The van der Waals surface area contributed by atoms with Crippen molar-refractivity contribution in [3.8, 4) is 0 Å². The molecule has 1 aliphatic heterocycles. The number of ketones is 1. The fraction of sp³-hybridized carbons (Fsp3) is 0.250. The number of nitrogens with one attached hydrogen (secondary N) is 1. The molecule has 0 fully saturated rings. The second kappa shape index (κ2) is 8.38. The molecular weight excluding hydrogens is 468 g/mol. The van der Waals surface area contributed by atoms with Crippen LogP contribution in [0.3, 0.4) is 0 Å². The molecule has 0 bridgehead atoms. The van der Waals surface area contributed by atoms with Crippen LogP contribution in [0.5, 0.6) is 0 Å². The summed E-state index contributed by atoms with van der Waals surface area (Å²) in [6.07, 6.45) is 0.677. The van der Waals surface area contributed by atoms with Crippen molar-refractivity contribution in [2.24, 2.45) is 0 Å². The summed E-state index contributed by atoms with van der Waals surface area (Å²) in [5, 5.41) is 3.19. The lowest BCUT2D eigenvalue weighted by Crippen LogP contribution is -2.36. The SMILES string of the molecule is COC(=O)C1=C(C)NC2=C(C(=O)CC(c3ccc(F)cc3)C2)C1c1cc(Br)ccc1F. The maximum Gasteiger partial charge on any atom is 0.336 e. The van der Waals surface area contributed by atoms with Crippen LogP contribution in [0.25, 0.3) is 0 Å². The third-order valence-corrected chi connectivity index (χ3v) is 6.34. The highest BCUT2D eigenvalue weighted by Crippen LogP contribution is 2.46. The zero-order chi connectivity index (χ0) is 22.3. The van der Waals surface area contributed by atoms with Crippen molar-refractivity contribution in [1.29, 1.82) is 0 Å². The Hall–Kier alpha value is -2.80. The average Bonchev–Trinajstić information content (AvgIpc) is 2.74. The molecule has 7 heteroatoms. The van der Waals surface area contributed by atoms with Crippen molar-refractivity contribution in [3.05, 3.63) is 92.2 Å². The van der Waals surface area contributed by atoms with Gasteiger partial charge in [-0.1, -0.05) is 28.1 Å². The van der Waals surface area contributed by atoms with Gasteiger partial charge < -0.3 is 10.1 Å². The summed E-state index contributed by atoms with van der Waals surface area (Å²) in [5.41, 5.74) is 2.85. The Morgan fingerprint density at radius 1 is 1.13 bits per heavy atom. The number of carbonyl (C=O) groups excluding carboxylic acids is 2. The zero-order valence-corrected chi connectivity index (χ0v) is 18.6. The molecule has 4 rings (SSSR count). The number of halogens is 3. The number of dihydropyridines is 1. The van der Waals surface area contributed by atoms with Gasteiger partial charge in [-0.3, -0.25) is 4.79 Å². The molecule has 0 saturated heterocycles. The zero-order valence-electron chi connectivity index (χ0n) is 17.0. The number of benzene rings is 2.